The number of imide groups is 1. The summed E-state index contributed by atoms with van der Waals surface area (Å²) in [5.74, 6) is -4.35. The maximum atomic E-state index is 14.1. The molecule has 4 aliphatic rings. The highest BCUT2D eigenvalue weighted by Gasteiger charge is 2.62. The van der Waals surface area contributed by atoms with Gasteiger partial charge in [0.05, 0.1) is 23.1 Å². The quantitative estimate of drug-likeness (QED) is 0.280. The molecular formula is C33H23FN2O5. The molecule has 2 atom stereocenters. The van der Waals surface area contributed by atoms with Crippen molar-refractivity contribution in [1.29, 1.82) is 0 Å². The van der Waals surface area contributed by atoms with E-state index in [0.29, 0.717) is 5.69 Å². The summed E-state index contributed by atoms with van der Waals surface area (Å²) in [7, 11) is 0. The van der Waals surface area contributed by atoms with Crippen LogP contribution in [0.2, 0.25) is 0 Å². The Hall–Kier alpha value is -5.11. The first-order valence-corrected chi connectivity index (χ1v) is 13.3. The maximum Gasteiger partial charge on any atom is 0.340 e. The molecule has 202 valence electrons. The van der Waals surface area contributed by atoms with Crippen molar-refractivity contribution >= 4 is 35.1 Å². The third-order valence-corrected chi connectivity index (χ3v) is 8.28. The highest BCUT2D eigenvalue weighted by atomic mass is 19.1. The van der Waals surface area contributed by atoms with Crippen LogP contribution < -0.4 is 10.2 Å². The van der Waals surface area contributed by atoms with Crippen molar-refractivity contribution in [3.8, 4) is 0 Å². The molecule has 7 nitrogen and oxygen atoms in total. The smallest absolute Gasteiger partial charge is 0.340 e. The zero-order valence-corrected chi connectivity index (χ0v) is 21.6. The number of benzene rings is 4. The zero-order valence-electron chi connectivity index (χ0n) is 21.6. The van der Waals surface area contributed by atoms with E-state index in [9.17, 15) is 23.6 Å². The first-order valence-electron chi connectivity index (χ1n) is 13.3. The lowest BCUT2D eigenvalue weighted by Gasteiger charge is -2.45. The van der Waals surface area contributed by atoms with Gasteiger partial charge in [-0.15, -0.1) is 0 Å². The van der Waals surface area contributed by atoms with Crippen LogP contribution in [0, 0.1) is 17.7 Å². The average molecular weight is 547 g/mol. The molecule has 3 amide bonds. The van der Waals surface area contributed by atoms with Crippen molar-refractivity contribution in [1.82, 2.24) is 0 Å². The molecule has 2 bridgehead atoms. The minimum Gasteiger partial charge on any atom is -0.452 e. The van der Waals surface area contributed by atoms with Crippen LogP contribution in [0.1, 0.15) is 44.4 Å². The standard InChI is InChI=1S/C33H23FN2O5/c34-18-13-15-19(16-14-18)35-26(37)17-41-33(40)24-11-5-6-12-25(24)36-31(38)29-27-20-7-1-2-8-21(20)28(30(29)32(36)39)23-10-4-3-9-22(23)27/h1-16,27-30H,17H2,(H,35,37)/t27?,28?,29-,30+. The molecule has 1 N–H and O–H groups in total. The number of ether oxygens (including phenoxy) is 1. The summed E-state index contributed by atoms with van der Waals surface area (Å²) in [5.41, 5.74) is 4.71. The Balaban J connectivity index is 1.18. The summed E-state index contributed by atoms with van der Waals surface area (Å²) < 4.78 is 18.4. The Morgan fingerprint density at radius 2 is 1.20 bits per heavy atom. The lowest BCUT2D eigenvalue weighted by molar-refractivity contribution is -0.122. The lowest BCUT2D eigenvalue weighted by atomic mass is 9.55. The minimum atomic E-state index is -0.847. The number of hydrogen-bond acceptors (Lipinski definition) is 5. The molecular weight excluding hydrogens is 523 g/mol. The molecule has 1 aliphatic heterocycles. The summed E-state index contributed by atoms with van der Waals surface area (Å²) >= 11 is 0. The number of carbonyl (C=O) groups excluding carboxylic acids is 4. The number of para-hydroxylation sites is 1. The predicted molar refractivity (Wildman–Crippen MR) is 148 cm³/mol. The van der Waals surface area contributed by atoms with Gasteiger partial charge in [-0.3, -0.25) is 14.4 Å². The average Bonchev–Trinajstić information content (AvgIpc) is 3.27. The van der Waals surface area contributed by atoms with E-state index in [4.69, 9.17) is 4.74 Å². The van der Waals surface area contributed by atoms with Crippen molar-refractivity contribution < 1.29 is 28.3 Å². The van der Waals surface area contributed by atoms with E-state index in [1.165, 1.54) is 30.3 Å². The van der Waals surface area contributed by atoms with E-state index in [1.807, 2.05) is 48.5 Å². The molecule has 3 aliphatic carbocycles. The second-order valence-electron chi connectivity index (χ2n) is 10.4. The molecule has 0 aromatic heterocycles. The van der Waals surface area contributed by atoms with E-state index >= 15 is 0 Å². The fraction of sp³-hybridized carbons (Fsp3) is 0.152. The van der Waals surface area contributed by atoms with Crippen LogP contribution >= 0.6 is 0 Å². The molecule has 1 heterocycles. The first-order chi connectivity index (χ1) is 19.9. The van der Waals surface area contributed by atoms with Crippen LogP contribution in [-0.4, -0.2) is 30.3 Å². The molecule has 0 spiro atoms. The lowest BCUT2D eigenvalue weighted by Crippen LogP contribution is -2.41. The first kappa shape index (κ1) is 24.9. The van der Waals surface area contributed by atoms with Gasteiger partial charge >= 0.3 is 5.97 Å². The van der Waals surface area contributed by atoms with Crippen molar-refractivity contribution in [2.45, 2.75) is 11.8 Å². The SMILES string of the molecule is O=C(COC(=O)c1ccccc1N1C(=O)[C@@H]2C3c4ccccc4C(c4ccccc43)[C@@H]2C1=O)Nc1ccc(F)cc1. The van der Waals surface area contributed by atoms with E-state index in [1.54, 1.807) is 18.2 Å². The molecule has 0 radical (unpaired) electrons. The van der Waals surface area contributed by atoms with Crippen LogP contribution in [-0.2, 0) is 19.1 Å². The molecule has 0 saturated carbocycles. The van der Waals surface area contributed by atoms with Crippen molar-refractivity contribution in [2.24, 2.45) is 11.8 Å². The maximum absolute atomic E-state index is 14.1. The van der Waals surface area contributed by atoms with Gasteiger partial charge in [-0.2, -0.15) is 0 Å². The minimum absolute atomic E-state index is 0.00445. The summed E-state index contributed by atoms with van der Waals surface area (Å²) in [4.78, 5) is 54.8. The number of rotatable bonds is 5. The fourth-order valence-corrected chi connectivity index (χ4v) is 6.70. The third-order valence-electron chi connectivity index (χ3n) is 8.28. The van der Waals surface area contributed by atoms with Gasteiger partial charge in [0.15, 0.2) is 6.61 Å². The van der Waals surface area contributed by atoms with E-state index in [-0.39, 0.29) is 34.9 Å². The van der Waals surface area contributed by atoms with Gasteiger partial charge in [0.2, 0.25) is 11.8 Å². The Morgan fingerprint density at radius 1 is 0.707 bits per heavy atom. The Labute approximate surface area is 234 Å². The van der Waals surface area contributed by atoms with Gasteiger partial charge in [0, 0.05) is 17.5 Å². The number of anilines is 2. The normalized spacial score (nSPS) is 21.6. The van der Waals surface area contributed by atoms with Crippen LogP contribution in [0.3, 0.4) is 0 Å². The molecule has 4 aromatic rings. The molecule has 1 saturated heterocycles. The third kappa shape index (κ3) is 3.86. The molecule has 8 heteroatoms. The monoisotopic (exact) mass is 546 g/mol. The fourth-order valence-electron chi connectivity index (χ4n) is 6.70. The second-order valence-corrected chi connectivity index (χ2v) is 10.4. The van der Waals surface area contributed by atoms with Crippen LogP contribution in [0.5, 0.6) is 0 Å². The zero-order chi connectivity index (χ0) is 28.2. The Kier molecular flexibility index (Phi) is 5.78. The summed E-state index contributed by atoms with van der Waals surface area (Å²) in [6.45, 7) is -0.605. The molecule has 8 rings (SSSR count). The summed E-state index contributed by atoms with van der Waals surface area (Å²) in [6, 6.07) is 27.4. The number of amides is 3. The summed E-state index contributed by atoms with van der Waals surface area (Å²) in [6.07, 6.45) is 0. The highest BCUT2D eigenvalue weighted by molar-refractivity contribution is 6.25. The Bertz CT molecular complexity index is 1640. The van der Waals surface area contributed by atoms with Gasteiger partial charge < -0.3 is 10.1 Å². The van der Waals surface area contributed by atoms with Crippen LogP contribution in [0.4, 0.5) is 15.8 Å². The molecule has 1 fully saturated rings. The number of esters is 1. The highest BCUT2D eigenvalue weighted by Crippen LogP contribution is 2.61. The van der Waals surface area contributed by atoms with Gasteiger partial charge in [-0.1, -0.05) is 60.7 Å². The van der Waals surface area contributed by atoms with Gasteiger partial charge in [0.1, 0.15) is 5.82 Å². The van der Waals surface area contributed by atoms with Crippen molar-refractivity contribution in [3.63, 3.8) is 0 Å². The van der Waals surface area contributed by atoms with Crippen molar-refractivity contribution in [3.05, 3.63) is 131 Å². The second kappa shape index (κ2) is 9.52. The molecule has 41 heavy (non-hydrogen) atoms. The number of nitrogens with one attached hydrogen (secondary N) is 1. The predicted octanol–water partition coefficient (Wildman–Crippen LogP) is 5.02. The van der Waals surface area contributed by atoms with Gasteiger partial charge in [-0.25, -0.2) is 14.1 Å². The van der Waals surface area contributed by atoms with E-state index in [0.717, 1.165) is 27.2 Å². The van der Waals surface area contributed by atoms with Crippen LogP contribution in [0.15, 0.2) is 97.1 Å². The molecule has 0 unspecified atom stereocenters. The van der Waals surface area contributed by atoms with Crippen LogP contribution in [0.25, 0.3) is 0 Å². The van der Waals surface area contributed by atoms with E-state index < -0.39 is 36.1 Å². The van der Waals surface area contributed by atoms with Crippen molar-refractivity contribution in [2.75, 3.05) is 16.8 Å². The van der Waals surface area contributed by atoms with Gasteiger partial charge in [-0.05, 0) is 58.7 Å². The largest absolute Gasteiger partial charge is 0.452 e. The summed E-state index contributed by atoms with van der Waals surface area (Å²) in [5, 5.41) is 2.53. The molecule has 4 aromatic carbocycles. The van der Waals surface area contributed by atoms with E-state index in [2.05, 4.69) is 5.32 Å². The number of carbonyl (C=O) groups is 4. The number of halogens is 1. The van der Waals surface area contributed by atoms with Gasteiger partial charge in [0.25, 0.3) is 5.91 Å². The number of hydrogen-bond donors (Lipinski definition) is 1. The number of nitrogens with zero attached hydrogens (tertiary/aromatic N) is 1. The topological polar surface area (TPSA) is 92.8 Å². The Morgan fingerprint density at radius 3 is 1.73 bits per heavy atom.